The van der Waals surface area contributed by atoms with Gasteiger partial charge in [0, 0.05) is 36.1 Å². The Morgan fingerprint density at radius 2 is 2.16 bits per heavy atom. The molecule has 2 heterocycles. The number of benzene rings is 1. The average Bonchev–Trinajstić information content (AvgIpc) is 2.64. The highest BCUT2D eigenvalue weighted by atomic mass is 79.9. The van der Waals surface area contributed by atoms with E-state index in [0.29, 0.717) is 12.2 Å². The molecule has 0 aliphatic carbocycles. The second kappa shape index (κ2) is 8.45. The van der Waals surface area contributed by atoms with Gasteiger partial charge in [0.15, 0.2) is 0 Å². The lowest BCUT2D eigenvalue weighted by Crippen LogP contribution is -2.41. The summed E-state index contributed by atoms with van der Waals surface area (Å²) in [6.45, 7) is 4.37. The van der Waals surface area contributed by atoms with E-state index in [0.717, 1.165) is 41.9 Å². The summed E-state index contributed by atoms with van der Waals surface area (Å²) >= 11 is 3.40. The Kier molecular flexibility index (Phi) is 6.04. The molecule has 1 aromatic heterocycles. The van der Waals surface area contributed by atoms with E-state index in [9.17, 15) is 4.79 Å². The molecule has 2 aromatic rings. The molecule has 132 valence electrons. The van der Waals surface area contributed by atoms with Gasteiger partial charge >= 0.3 is 0 Å². The molecule has 0 bridgehead atoms. The van der Waals surface area contributed by atoms with Crippen LogP contribution in [0.25, 0.3) is 0 Å². The molecule has 0 spiro atoms. The highest BCUT2D eigenvalue weighted by Crippen LogP contribution is 2.24. The predicted molar refractivity (Wildman–Crippen MR) is 103 cm³/mol. The molecule has 0 saturated carbocycles. The summed E-state index contributed by atoms with van der Waals surface area (Å²) in [4.78, 5) is 19.4. The number of ether oxygens (including phenoxy) is 1. The molecular weight excluding hydrogens is 382 g/mol. The van der Waals surface area contributed by atoms with Gasteiger partial charge in [-0.3, -0.25) is 4.79 Å². The van der Waals surface area contributed by atoms with Crippen molar-refractivity contribution in [2.45, 2.75) is 25.9 Å². The number of amides is 1. The minimum Gasteiger partial charge on any atom is -0.377 e. The second-order valence-corrected chi connectivity index (χ2v) is 6.92. The Morgan fingerprint density at radius 1 is 1.36 bits per heavy atom. The summed E-state index contributed by atoms with van der Waals surface area (Å²) in [7, 11) is 0. The van der Waals surface area contributed by atoms with Gasteiger partial charge in [-0.1, -0.05) is 15.9 Å². The molecule has 1 saturated heterocycles. The molecule has 1 amide bonds. The van der Waals surface area contributed by atoms with Gasteiger partial charge in [0.25, 0.3) is 5.91 Å². The largest absolute Gasteiger partial charge is 0.377 e. The summed E-state index contributed by atoms with van der Waals surface area (Å²) in [5, 5.41) is 2.94. The maximum atomic E-state index is 12.7. The smallest absolute Gasteiger partial charge is 0.259 e. The first-order valence-electron chi connectivity index (χ1n) is 8.56. The zero-order chi connectivity index (χ0) is 17.6. The monoisotopic (exact) mass is 403 g/mol. The van der Waals surface area contributed by atoms with Crippen LogP contribution in [-0.4, -0.2) is 36.7 Å². The summed E-state index contributed by atoms with van der Waals surface area (Å²) < 4.78 is 6.74. The first-order valence-corrected chi connectivity index (χ1v) is 9.35. The number of piperidine rings is 1. The minimum absolute atomic E-state index is 0.149. The van der Waals surface area contributed by atoms with Crippen molar-refractivity contribution in [1.82, 2.24) is 4.98 Å². The number of halogens is 1. The van der Waals surface area contributed by atoms with Crippen molar-refractivity contribution >= 4 is 33.3 Å². The highest BCUT2D eigenvalue weighted by Gasteiger charge is 2.24. The van der Waals surface area contributed by atoms with E-state index in [1.807, 2.05) is 37.3 Å². The van der Waals surface area contributed by atoms with E-state index in [-0.39, 0.29) is 12.0 Å². The quantitative estimate of drug-likeness (QED) is 0.815. The number of aromatic nitrogens is 1. The molecule has 1 aliphatic rings. The van der Waals surface area contributed by atoms with E-state index in [4.69, 9.17) is 4.74 Å². The van der Waals surface area contributed by atoms with Crippen LogP contribution in [0.1, 0.15) is 30.1 Å². The standard InChI is InChI=1S/C19H22BrN3O2/c1-2-25-16-5-4-12-23(13-16)18-17(6-3-11-21-18)19(24)22-15-9-7-14(20)8-10-15/h3,6-11,16H,2,4-5,12-13H2,1H3,(H,22,24). The van der Waals surface area contributed by atoms with Crippen molar-refractivity contribution in [3.05, 3.63) is 52.6 Å². The van der Waals surface area contributed by atoms with E-state index in [1.165, 1.54) is 0 Å². The lowest BCUT2D eigenvalue weighted by Gasteiger charge is -2.34. The molecule has 1 unspecified atom stereocenters. The topological polar surface area (TPSA) is 54.5 Å². The molecule has 25 heavy (non-hydrogen) atoms. The average molecular weight is 404 g/mol. The number of hydrogen-bond acceptors (Lipinski definition) is 4. The normalized spacial score (nSPS) is 17.4. The molecule has 1 aromatic carbocycles. The number of anilines is 2. The first kappa shape index (κ1) is 17.9. The highest BCUT2D eigenvalue weighted by molar-refractivity contribution is 9.10. The Morgan fingerprint density at radius 3 is 2.92 bits per heavy atom. The fraction of sp³-hybridized carbons (Fsp3) is 0.368. The molecule has 5 nitrogen and oxygen atoms in total. The zero-order valence-corrected chi connectivity index (χ0v) is 15.8. The van der Waals surface area contributed by atoms with Gasteiger partial charge in [-0.05, 0) is 56.2 Å². The maximum absolute atomic E-state index is 12.7. The third kappa shape index (κ3) is 4.58. The number of nitrogens with one attached hydrogen (secondary N) is 1. The Balaban J connectivity index is 1.78. The lowest BCUT2D eigenvalue weighted by atomic mass is 10.1. The Labute approximate surface area is 156 Å². The summed E-state index contributed by atoms with van der Waals surface area (Å²) in [5.41, 5.74) is 1.34. The van der Waals surface area contributed by atoms with Crippen LogP contribution in [0.3, 0.4) is 0 Å². The van der Waals surface area contributed by atoms with E-state index in [2.05, 4.69) is 31.1 Å². The lowest BCUT2D eigenvalue weighted by molar-refractivity contribution is 0.0524. The van der Waals surface area contributed by atoms with Gasteiger partial charge in [-0.25, -0.2) is 4.98 Å². The molecule has 0 radical (unpaired) electrons. The second-order valence-electron chi connectivity index (χ2n) is 6.00. The molecule has 1 fully saturated rings. The van der Waals surface area contributed by atoms with Gasteiger partial charge < -0.3 is 15.0 Å². The van der Waals surface area contributed by atoms with Gasteiger partial charge in [0.1, 0.15) is 5.82 Å². The molecule has 1 atom stereocenters. The van der Waals surface area contributed by atoms with Crippen LogP contribution in [0.2, 0.25) is 0 Å². The molecule has 6 heteroatoms. The molecule has 1 N–H and O–H groups in total. The fourth-order valence-electron chi connectivity index (χ4n) is 3.06. The Hall–Kier alpha value is -1.92. The van der Waals surface area contributed by atoms with Crippen LogP contribution in [0.4, 0.5) is 11.5 Å². The fourth-order valence-corrected chi connectivity index (χ4v) is 3.32. The van der Waals surface area contributed by atoms with Crippen molar-refractivity contribution in [2.24, 2.45) is 0 Å². The van der Waals surface area contributed by atoms with Crippen molar-refractivity contribution in [2.75, 3.05) is 29.9 Å². The first-order chi connectivity index (χ1) is 12.2. The summed E-state index contributed by atoms with van der Waals surface area (Å²) in [6, 6.07) is 11.1. The SMILES string of the molecule is CCOC1CCCN(c2ncccc2C(=O)Nc2ccc(Br)cc2)C1. The van der Waals surface area contributed by atoms with Crippen LogP contribution < -0.4 is 10.2 Å². The zero-order valence-electron chi connectivity index (χ0n) is 14.2. The van der Waals surface area contributed by atoms with E-state index >= 15 is 0 Å². The third-order valence-corrected chi connectivity index (χ3v) is 4.74. The molecule has 1 aliphatic heterocycles. The number of carbonyl (C=O) groups is 1. The van der Waals surface area contributed by atoms with Gasteiger partial charge in [-0.15, -0.1) is 0 Å². The number of pyridine rings is 1. The van der Waals surface area contributed by atoms with Crippen LogP contribution >= 0.6 is 15.9 Å². The number of nitrogens with zero attached hydrogens (tertiary/aromatic N) is 2. The van der Waals surface area contributed by atoms with Crippen molar-refractivity contribution in [1.29, 1.82) is 0 Å². The Bertz CT molecular complexity index is 719. The van der Waals surface area contributed by atoms with E-state index in [1.54, 1.807) is 12.3 Å². The number of rotatable bonds is 5. The van der Waals surface area contributed by atoms with Gasteiger partial charge in [-0.2, -0.15) is 0 Å². The minimum atomic E-state index is -0.149. The molecule has 3 rings (SSSR count). The van der Waals surface area contributed by atoms with Crippen molar-refractivity contribution in [3.63, 3.8) is 0 Å². The van der Waals surface area contributed by atoms with Crippen LogP contribution in [0, 0.1) is 0 Å². The van der Waals surface area contributed by atoms with Crippen LogP contribution in [0.5, 0.6) is 0 Å². The predicted octanol–water partition coefficient (Wildman–Crippen LogP) is 4.10. The van der Waals surface area contributed by atoms with Gasteiger partial charge in [0.05, 0.1) is 11.7 Å². The van der Waals surface area contributed by atoms with Crippen molar-refractivity contribution in [3.8, 4) is 0 Å². The molecular formula is C19H22BrN3O2. The summed E-state index contributed by atoms with van der Waals surface area (Å²) in [6.07, 6.45) is 4.02. The number of hydrogen-bond donors (Lipinski definition) is 1. The van der Waals surface area contributed by atoms with Crippen molar-refractivity contribution < 1.29 is 9.53 Å². The van der Waals surface area contributed by atoms with Gasteiger partial charge in [0.2, 0.25) is 0 Å². The summed E-state index contributed by atoms with van der Waals surface area (Å²) in [5.74, 6) is 0.575. The van der Waals surface area contributed by atoms with Crippen LogP contribution in [0.15, 0.2) is 47.1 Å². The van der Waals surface area contributed by atoms with Crippen LogP contribution in [-0.2, 0) is 4.74 Å². The number of carbonyl (C=O) groups excluding carboxylic acids is 1. The third-order valence-electron chi connectivity index (χ3n) is 4.21. The maximum Gasteiger partial charge on any atom is 0.259 e. The van der Waals surface area contributed by atoms with E-state index < -0.39 is 0 Å².